The minimum absolute atomic E-state index is 0.0621. The van der Waals surface area contributed by atoms with Gasteiger partial charge in [-0.05, 0) is 75.2 Å². The largest absolute Gasteiger partial charge is 0.416 e. The van der Waals surface area contributed by atoms with Gasteiger partial charge in [0.25, 0.3) is 0 Å². The summed E-state index contributed by atoms with van der Waals surface area (Å²) in [5.41, 5.74) is 0.0434. The molecule has 0 spiro atoms. The van der Waals surface area contributed by atoms with E-state index >= 15 is 0 Å². The first-order valence-corrected chi connectivity index (χ1v) is 11.7. The predicted molar refractivity (Wildman–Crippen MR) is 127 cm³/mol. The number of carbonyl (C=O) groups is 1. The quantitative estimate of drug-likeness (QED) is 0.489. The van der Waals surface area contributed by atoms with Crippen LogP contribution in [-0.2, 0) is 6.18 Å². The molecule has 0 radical (unpaired) electrons. The molecular formula is C23H25Cl2F3N4O. The Bertz CT molecular complexity index is 983. The second-order valence-corrected chi connectivity index (χ2v) is 9.34. The fourth-order valence-electron chi connectivity index (χ4n) is 4.54. The molecule has 2 N–H and O–H groups in total. The molecule has 4 rings (SSSR count). The number of hydrogen-bond acceptors (Lipinski definition) is 3. The number of nitrogens with zero attached hydrogens (tertiary/aromatic N) is 2. The van der Waals surface area contributed by atoms with E-state index in [0.717, 1.165) is 38.1 Å². The first kappa shape index (κ1) is 24.0. The van der Waals surface area contributed by atoms with Crippen molar-refractivity contribution >= 4 is 46.3 Å². The number of anilines is 3. The molecule has 2 aliphatic rings. The van der Waals surface area contributed by atoms with Crippen LogP contribution < -0.4 is 15.5 Å². The second-order valence-electron chi connectivity index (χ2n) is 8.46. The second kappa shape index (κ2) is 9.99. The molecule has 2 saturated heterocycles. The topological polar surface area (TPSA) is 47.6 Å². The average Bonchev–Trinajstić information content (AvgIpc) is 3.27. The number of nitrogens with one attached hydrogen (secondary N) is 2. The van der Waals surface area contributed by atoms with E-state index < -0.39 is 17.8 Å². The third-order valence-corrected chi connectivity index (χ3v) is 6.55. The fourth-order valence-corrected chi connectivity index (χ4v) is 5.07. The summed E-state index contributed by atoms with van der Waals surface area (Å²) in [5.74, 6) is 0. The molecule has 33 heavy (non-hydrogen) atoms. The van der Waals surface area contributed by atoms with Gasteiger partial charge in [0.05, 0.1) is 5.56 Å². The molecule has 10 heteroatoms. The SMILES string of the molecule is O=C(Nc1cc(Cl)cc(Cl)c1)Nc1cc(N2CCC(N3CCCC3)CC2)cc(C(F)(F)F)c1. The van der Waals surface area contributed by atoms with Crippen LogP contribution in [0.2, 0.25) is 10.0 Å². The zero-order chi connectivity index (χ0) is 23.6. The first-order valence-electron chi connectivity index (χ1n) is 10.9. The van der Waals surface area contributed by atoms with Crippen LogP contribution >= 0.6 is 23.2 Å². The number of rotatable bonds is 4. The summed E-state index contributed by atoms with van der Waals surface area (Å²) < 4.78 is 40.7. The van der Waals surface area contributed by atoms with Crippen LogP contribution in [0.15, 0.2) is 36.4 Å². The number of urea groups is 1. The van der Waals surface area contributed by atoms with Crippen LogP contribution in [0.25, 0.3) is 0 Å². The fraction of sp³-hybridized carbons (Fsp3) is 0.435. The number of alkyl halides is 3. The maximum atomic E-state index is 13.6. The van der Waals surface area contributed by atoms with E-state index in [2.05, 4.69) is 15.5 Å². The summed E-state index contributed by atoms with van der Waals surface area (Å²) >= 11 is 11.9. The van der Waals surface area contributed by atoms with Gasteiger partial charge in [-0.1, -0.05) is 23.2 Å². The lowest BCUT2D eigenvalue weighted by atomic mass is 10.0. The summed E-state index contributed by atoms with van der Waals surface area (Å²) in [4.78, 5) is 16.9. The molecule has 0 aliphatic carbocycles. The van der Waals surface area contributed by atoms with Gasteiger partial charge in [0.15, 0.2) is 0 Å². The van der Waals surface area contributed by atoms with E-state index in [0.29, 0.717) is 40.6 Å². The average molecular weight is 501 g/mol. The highest BCUT2D eigenvalue weighted by Crippen LogP contribution is 2.36. The van der Waals surface area contributed by atoms with E-state index in [9.17, 15) is 18.0 Å². The standard InChI is InChI=1S/C23H25Cl2F3N4O/c24-16-11-17(25)13-19(12-16)30-22(33)29-18-9-15(23(26,27)28)10-21(14-18)32-7-3-20(4-8-32)31-5-1-2-6-31/h9-14,20H,1-8H2,(H2,29,30,33). The van der Waals surface area contributed by atoms with Crippen LogP contribution in [0.3, 0.4) is 0 Å². The Kier molecular flexibility index (Phi) is 7.26. The Morgan fingerprint density at radius 1 is 0.848 bits per heavy atom. The van der Waals surface area contributed by atoms with Crippen LogP contribution in [0.1, 0.15) is 31.2 Å². The lowest BCUT2D eigenvalue weighted by Crippen LogP contribution is -2.43. The van der Waals surface area contributed by atoms with Gasteiger partial charge in [0, 0.05) is 46.2 Å². The van der Waals surface area contributed by atoms with Crippen molar-refractivity contribution in [3.8, 4) is 0 Å². The molecule has 0 saturated carbocycles. The lowest BCUT2D eigenvalue weighted by molar-refractivity contribution is -0.137. The van der Waals surface area contributed by atoms with Crippen molar-refractivity contribution in [3.05, 3.63) is 52.0 Å². The molecule has 0 unspecified atom stereocenters. The number of piperidine rings is 1. The van der Waals surface area contributed by atoms with Crippen molar-refractivity contribution in [1.29, 1.82) is 0 Å². The zero-order valence-electron chi connectivity index (χ0n) is 17.9. The third kappa shape index (κ3) is 6.25. The molecule has 2 fully saturated rings. The summed E-state index contributed by atoms with van der Waals surface area (Å²) in [7, 11) is 0. The summed E-state index contributed by atoms with van der Waals surface area (Å²) in [6, 6.07) is 7.97. The molecule has 2 heterocycles. The van der Waals surface area contributed by atoms with Crippen LogP contribution in [0.5, 0.6) is 0 Å². The number of halogens is 5. The number of likely N-dealkylation sites (tertiary alicyclic amines) is 1. The molecule has 0 bridgehead atoms. The van der Waals surface area contributed by atoms with E-state index in [1.165, 1.54) is 31.0 Å². The minimum Gasteiger partial charge on any atom is -0.371 e. The minimum atomic E-state index is -4.53. The van der Waals surface area contributed by atoms with Gasteiger partial charge in [0.2, 0.25) is 0 Å². The Labute approximate surface area is 200 Å². The molecule has 5 nitrogen and oxygen atoms in total. The van der Waals surface area contributed by atoms with Crippen molar-refractivity contribution in [1.82, 2.24) is 4.90 Å². The van der Waals surface area contributed by atoms with E-state index in [1.54, 1.807) is 6.07 Å². The van der Waals surface area contributed by atoms with E-state index in [4.69, 9.17) is 23.2 Å². The molecular weight excluding hydrogens is 476 g/mol. The van der Waals surface area contributed by atoms with Crippen molar-refractivity contribution in [2.45, 2.75) is 37.9 Å². The first-order chi connectivity index (χ1) is 15.7. The monoisotopic (exact) mass is 500 g/mol. The number of amides is 2. The van der Waals surface area contributed by atoms with Crippen molar-refractivity contribution in [2.24, 2.45) is 0 Å². The molecule has 178 valence electrons. The maximum Gasteiger partial charge on any atom is 0.416 e. The van der Waals surface area contributed by atoms with Crippen molar-refractivity contribution in [2.75, 3.05) is 41.7 Å². The van der Waals surface area contributed by atoms with Crippen LogP contribution in [-0.4, -0.2) is 43.2 Å². The summed E-state index contributed by atoms with van der Waals surface area (Å²) in [5, 5.41) is 5.71. The highest BCUT2D eigenvalue weighted by atomic mass is 35.5. The zero-order valence-corrected chi connectivity index (χ0v) is 19.4. The summed E-state index contributed by atoms with van der Waals surface area (Å²) in [6.07, 6.45) is -0.278. The Balaban J connectivity index is 1.48. The molecule has 2 aliphatic heterocycles. The van der Waals surface area contributed by atoms with Gasteiger partial charge in [-0.3, -0.25) is 0 Å². The lowest BCUT2D eigenvalue weighted by Gasteiger charge is -2.38. The van der Waals surface area contributed by atoms with Crippen molar-refractivity contribution < 1.29 is 18.0 Å². The number of hydrogen-bond donors (Lipinski definition) is 2. The smallest absolute Gasteiger partial charge is 0.371 e. The molecule has 2 aromatic carbocycles. The summed E-state index contributed by atoms with van der Waals surface area (Å²) in [6.45, 7) is 3.56. The van der Waals surface area contributed by atoms with Gasteiger partial charge in [-0.15, -0.1) is 0 Å². The normalized spacial score (nSPS) is 17.9. The van der Waals surface area contributed by atoms with Crippen LogP contribution in [0.4, 0.5) is 35.0 Å². The number of benzene rings is 2. The van der Waals surface area contributed by atoms with Gasteiger partial charge in [-0.25, -0.2) is 4.79 Å². The van der Waals surface area contributed by atoms with E-state index in [1.807, 2.05) is 4.90 Å². The van der Waals surface area contributed by atoms with Gasteiger partial charge < -0.3 is 20.4 Å². The van der Waals surface area contributed by atoms with Crippen molar-refractivity contribution in [3.63, 3.8) is 0 Å². The maximum absolute atomic E-state index is 13.6. The van der Waals surface area contributed by atoms with E-state index in [-0.39, 0.29) is 5.69 Å². The Morgan fingerprint density at radius 2 is 1.42 bits per heavy atom. The van der Waals surface area contributed by atoms with Crippen LogP contribution in [0, 0.1) is 0 Å². The molecule has 0 atom stereocenters. The van der Waals surface area contributed by atoms with Gasteiger partial charge >= 0.3 is 12.2 Å². The molecule has 2 aromatic rings. The molecule has 0 aromatic heterocycles. The Hall–Kier alpha value is -2.16. The van der Waals surface area contributed by atoms with Gasteiger partial charge in [0.1, 0.15) is 0 Å². The highest BCUT2D eigenvalue weighted by molar-refractivity contribution is 6.35. The van der Waals surface area contributed by atoms with Gasteiger partial charge in [-0.2, -0.15) is 13.2 Å². The highest BCUT2D eigenvalue weighted by Gasteiger charge is 2.33. The molecule has 2 amide bonds. The predicted octanol–water partition coefficient (Wildman–Crippen LogP) is 6.72. The number of carbonyl (C=O) groups excluding carboxylic acids is 1. The Morgan fingerprint density at radius 3 is 2.00 bits per heavy atom. The third-order valence-electron chi connectivity index (χ3n) is 6.11.